The summed E-state index contributed by atoms with van der Waals surface area (Å²) in [5.41, 5.74) is 3.05. The number of nitrogens with one attached hydrogen (secondary N) is 1. The van der Waals surface area contributed by atoms with Crippen LogP contribution in [0, 0.1) is 5.92 Å². The zero-order valence-corrected chi connectivity index (χ0v) is 15.7. The van der Waals surface area contributed by atoms with Gasteiger partial charge in [-0.3, -0.25) is 9.59 Å². The summed E-state index contributed by atoms with van der Waals surface area (Å²) < 4.78 is 5.68. The van der Waals surface area contributed by atoms with E-state index in [1.807, 2.05) is 62.4 Å². The molecule has 0 saturated heterocycles. The van der Waals surface area contributed by atoms with Crippen molar-refractivity contribution in [2.75, 3.05) is 5.32 Å². The minimum Gasteiger partial charge on any atom is -0.426 e. The molecular formula is C22H22N2O3. The van der Waals surface area contributed by atoms with E-state index >= 15 is 0 Å². The Morgan fingerprint density at radius 2 is 1.81 bits per heavy atom. The molecule has 0 saturated carbocycles. The van der Waals surface area contributed by atoms with Crippen LogP contribution in [-0.2, 0) is 9.59 Å². The fraction of sp³-hybridized carbons (Fsp3) is 0.227. The van der Waals surface area contributed by atoms with Crippen LogP contribution in [-0.4, -0.2) is 16.9 Å². The number of carbonyl (C=O) groups is 2. The molecule has 1 unspecified atom stereocenters. The van der Waals surface area contributed by atoms with Gasteiger partial charge in [0.25, 0.3) is 0 Å². The highest BCUT2D eigenvalue weighted by atomic mass is 16.5. The van der Waals surface area contributed by atoms with Crippen molar-refractivity contribution in [2.45, 2.75) is 27.2 Å². The summed E-state index contributed by atoms with van der Waals surface area (Å²) in [7, 11) is 0. The second-order valence-corrected chi connectivity index (χ2v) is 6.51. The van der Waals surface area contributed by atoms with E-state index in [0.29, 0.717) is 11.4 Å². The number of para-hydroxylation sites is 1. The summed E-state index contributed by atoms with van der Waals surface area (Å²) in [6.45, 7) is 5.28. The van der Waals surface area contributed by atoms with Crippen molar-refractivity contribution in [1.82, 2.24) is 4.98 Å². The molecule has 0 radical (unpaired) electrons. The van der Waals surface area contributed by atoms with Crippen LogP contribution in [0.2, 0.25) is 0 Å². The van der Waals surface area contributed by atoms with E-state index in [-0.39, 0.29) is 17.8 Å². The Morgan fingerprint density at radius 3 is 2.48 bits per heavy atom. The lowest BCUT2D eigenvalue weighted by molar-refractivity contribution is -0.138. The fourth-order valence-electron chi connectivity index (χ4n) is 2.68. The number of fused-ring (bicyclic) bond motifs is 1. The van der Waals surface area contributed by atoms with Crippen LogP contribution in [0.15, 0.2) is 54.6 Å². The molecule has 27 heavy (non-hydrogen) atoms. The van der Waals surface area contributed by atoms with Crippen LogP contribution >= 0.6 is 0 Å². The Hall–Kier alpha value is -3.21. The van der Waals surface area contributed by atoms with Gasteiger partial charge < -0.3 is 10.1 Å². The molecule has 5 nitrogen and oxygen atoms in total. The summed E-state index contributed by atoms with van der Waals surface area (Å²) in [6, 6.07) is 16.8. The molecule has 0 fully saturated rings. The van der Waals surface area contributed by atoms with Gasteiger partial charge in [0.05, 0.1) is 17.1 Å². The van der Waals surface area contributed by atoms with E-state index in [2.05, 4.69) is 5.32 Å². The van der Waals surface area contributed by atoms with Crippen LogP contribution in [0.25, 0.3) is 22.2 Å². The number of ether oxygens (including phenoxy) is 1. The van der Waals surface area contributed by atoms with Crippen molar-refractivity contribution in [2.24, 2.45) is 5.92 Å². The zero-order chi connectivity index (χ0) is 19.4. The lowest BCUT2D eigenvalue weighted by atomic mass is 10.1. The normalized spacial score (nSPS) is 11.8. The van der Waals surface area contributed by atoms with E-state index in [1.54, 1.807) is 6.07 Å². The highest BCUT2D eigenvalue weighted by Crippen LogP contribution is 2.31. The lowest BCUT2D eigenvalue weighted by Gasteiger charge is -2.13. The van der Waals surface area contributed by atoms with Gasteiger partial charge in [0.2, 0.25) is 5.91 Å². The van der Waals surface area contributed by atoms with Crippen molar-refractivity contribution in [1.29, 1.82) is 0 Å². The summed E-state index contributed by atoms with van der Waals surface area (Å²) in [5.74, 6) is -0.0317. The number of aromatic nitrogens is 1. The molecule has 2 aromatic carbocycles. The molecule has 3 aromatic rings. The quantitative estimate of drug-likeness (QED) is 0.661. The van der Waals surface area contributed by atoms with Crippen LogP contribution in [0.3, 0.4) is 0 Å². The first-order chi connectivity index (χ1) is 13.0. The molecule has 1 amide bonds. The van der Waals surface area contributed by atoms with Gasteiger partial charge in [0.1, 0.15) is 5.75 Å². The number of benzene rings is 2. The molecule has 0 bridgehead atoms. The third-order valence-electron chi connectivity index (χ3n) is 4.40. The number of rotatable bonds is 5. The fourth-order valence-corrected chi connectivity index (χ4v) is 2.68. The van der Waals surface area contributed by atoms with E-state index in [1.165, 1.54) is 6.92 Å². The molecule has 1 N–H and O–H groups in total. The van der Waals surface area contributed by atoms with Gasteiger partial charge >= 0.3 is 5.97 Å². The van der Waals surface area contributed by atoms with Crippen molar-refractivity contribution in [3.05, 3.63) is 54.6 Å². The Labute approximate surface area is 158 Å². The first kappa shape index (κ1) is 18.6. The number of hydrogen-bond donors (Lipinski definition) is 1. The van der Waals surface area contributed by atoms with Gasteiger partial charge in [-0.05, 0) is 30.7 Å². The monoisotopic (exact) mass is 362 g/mol. The highest BCUT2D eigenvalue weighted by molar-refractivity contribution is 5.91. The molecule has 0 spiro atoms. The molecule has 0 aliphatic rings. The number of anilines is 1. The van der Waals surface area contributed by atoms with Gasteiger partial charge in [-0.25, -0.2) is 4.98 Å². The van der Waals surface area contributed by atoms with Gasteiger partial charge in [0, 0.05) is 29.6 Å². The highest BCUT2D eigenvalue weighted by Gasteiger charge is 2.16. The minimum atomic E-state index is -0.249. The molecule has 138 valence electrons. The summed E-state index contributed by atoms with van der Waals surface area (Å²) in [6.07, 6.45) is 0.722. The van der Waals surface area contributed by atoms with Crippen molar-refractivity contribution >= 4 is 28.5 Å². The van der Waals surface area contributed by atoms with Crippen molar-refractivity contribution in [3.63, 3.8) is 0 Å². The summed E-state index contributed by atoms with van der Waals surface area (Å²) in [5, 5.41) is 3.54. The molecule has 1 heterocycles. The molecule has 1 atom stereocenters. The number of amides is 1. The van der Waals surface area contributed by atoms with Crippen LogP contribution in [0.5, 0.6) is 5.75 Å². The first-order valence-electron chi connectivity index (χ1n) is 8.97. The maximum atomic E-state index is 12.3. The third-order valence-corrected chi connectivity index (χ3v) is 4.40. The number of esters is 1. The molecular weight excluding hydrogens is 340 g/mol. The average molecular weight is 362 g/mol. The predicted molar refractivity (Wildman–Crippen MR) is 107 cm³/mol. The summed E-state index contributed by atoms with van der Waals surface area (Å²) >= 11 is 0. The molecule has 0 aliphatic carbocycles. The Kier molecular flexibility index (Phi) is 5.50. The summed E-state index contributed by atoms with van der Waals surface area (Å²) in [4.78, 5) is 28.2. The molecule has 5 heteroatoms. The van der Waals surface area contributed by atoms with Gasteiger partial charge in [-0.1, -0.05) is 38.1 Å². The van der Waals surface area contributed by atoms with Gasteiger partial charge in [-0.2, -0.15) is 0 Å². The molecule has 1 aromatic heterocycles. The molecule has 0 aliphatic heterocycles. The van der Waals surface area contributed by atoms with Crippen LogP contribution < -0.4 is 10.1 Å². The number of carbonyl (C=O) groups excluding carboxylic acids is 2. The second kappa shape index (κ2) is 7.99. The van der Waals surface area contributed by atoms with Crippen LogP contribution in [0.1, 0.15) is 27.2 Å². The first-order valence-corrected chi connectivity index (χ1v) is 8.97. The average Bonchev–Trinajstić information content (AvgIpc) is 2.67. The van der Waals surface area contributed by atoms with Crippen molar-refractivity contribution in [3.8, 4) is 17.0 Å². The molecule has 3 rings (SSSR count). The SMILES string of the molecule is CCC(C)C(=O)Oc1cc(-c2ccc(NC(C)=O)cc2)nc2ccccc12. The second-order valence-electron chi connectivity index (χ2n) is 6.51. The Balaban J connectivity index is 2.01. The smallest absolute Gasteiger partial charge is 0.314 e. The van der Waals surface area contributed by atoms with E-state index in [9.17, 15) is 9.59 Å². The predicted octanol–water partition coefficient (Wildman–Crippen LogP) is 4.81. The van der Waals surface area contributed by atoms with E-state index < -0.39 is 0 Å². The Bertz CT molecular complexity index is 981. The standard InChI is InChI=1S/C22H22N2O3/c1-4-14(2)22(26)27-21-13-20(24-19-8-6-5-7-18(19)21)16-9-11-17(12-10-16)23-15(3)25/h5-14H,4H2,1-3H3,(H,23,25). The maximum absolute atomic E-state index is 12.3. The lowest BCUT2D eigenvalue weighted by Crippen LogP contribution is -2.17. The maximum Gasteiger partial charge on any atom is 0.314 e. The zero-order valence-electron chi connectivity index (χ0n) is 15.7. The van der Waals surface area contributed by atoms with Crippen LogP contribution in [0.4, 0.5) is 5.69 Å². The number of hydrogen-bond acceptors (Lipinski definition) is 4. The van der Waals surface area contributed by atoms with Crippen molar-refractivity contribution < 1.29 is 14.3 Å². The van der Waals surface area contributed by atoms with E-state index in [0.717, 1.165) is 28.6 Å². The third kappa shape index (κ3) is 4.31. The number of nitrogens with zero attached hydrogens (tertiary/aromatic N) is 1. The minimum absolute atomic E-state index is 0.120. The largest absolute Gasteiger partial charge is 0.426 e. The van der Waals surface area contributed by atoms with Gasteiger partial charge in [-0.15, -0.1) is 0 Å². The van der Waals surface area contributed by atoms with Gasteiger partial charge in [0.15, 0.2) is 0 Å². The van der Waals surface area contributed by atoms with E-state index in [4.69, 9.17) is 9.72 Å². The Morgan fingerprint density at radius 1 is 1.11 bits per heavy atom. The number of pyridine rings is 1. The topological polar surface area (TPSA) is 68.3 Å².